The maximum Gasteiger partial charge on any atom is 0.190 e. The smallest absolute Gasteiger partial charge is 0.190 e. The standard InChI is InChI=1S/C27H27FN6OS/c1-3-21-6-4-5-19(2)25(21)34-15-16-36-27(34)33-32-17-20-7-9-22(10-8-20)26(29)31-18-30-23-11-13-24(35-28)14-12-23/h4-14,17-18H,3,15-16H2,1-2H3,(H2,29,30,31)/b32-17+,33-27-. The van der Waals surface area contributed by atoms with Crippen LogP contribution in [0.4, 0.5) is 15.9 Å². The van der Waals surface area contributed by atoms with Gasteiger partial charge in [-0.2, -0.15) is 5.10 Å². The molecule has 0 unspecified atom stereocenters. The summed E-state index contributed by atoms with van der Waals surface area (Å²) in [5, 5.41) is 9.76. The second-order valence-electron chi connectivity index (χ2n) is 8.02. The van der Waals surface area contributed by atoms with Gasteiger partial charge in [0.15, 0.2) is 10.9 Å². The van der Waals surface area contributed by atoms with Crippen molar-refractivity contribution in [3.8, 4) is 5.75 Å². The van der Waals surface area contributed by atoms with Crippen LogP contribution >= 0.6 is 11.8 Å². The molecular formula is C27H27FN6OS. The van der Waals surface area contributed by atoms with Crippen LogP contribution in [-0.2, 0) is 6.42 Å². The van der Waals surface area contributed by atoms with Crippen molar-refractivity contribution in [3.63, 3.8) is 0 Å². The van der Waals surface area contributed by atoms with Crippen molar-refractivity contribution in [1.82, 2.24) is 0 Å². The van der Waals surface area contributed by atoms with Gasteiger partial charge in [0.1, 0.15) is 12.2 Å². The van der Waals surface area contributed by atoms with Crippen LogP contribution in [0.3, 0.4) is 0 Å². The highest BCUT2D eigenvalue weighted by Crippen LogP contribution is 2.32. The number of benzene rings is 3. The molecule has 3 aromatic rings. The molecule has 9 heteroatoms. The Hall–Kier alpha value is -3.98. The predicted octanol–water partition coefficient (Wildman–Crippen LogP) is 5.83. The fraction of sp³-hybridized carbons (Fsp3) is 0.185. The Morgan fingerprint density at radius 2 is 1.89 bits per heavy atom. The molecule has 0 amide bonds. The average Bonchev–Trinajstić information content (AvgIpc) is 3.37. The molecule has 1 heterocycles. The SMILES string of the molecule is CCc1cccc(C)c1N1CCS/C1=N\N=C\c1ccc(C(N)=NC=Nc2ccc(OF)cc2)cc1. The summed E-state index contributed by atoms with van der Waals surface area (Å²) >= 11 is 1.72. The lowest BCUT2D eigenvalue weighted by molar-refractivity contribution is -0.00618. The number of thioether (sulfide) groups is 1. The molecule has 4 rings (SSSR count). The van der Waals surface area contributed by atoms with Crippen LogP contribution in [0.5, 0.6) is 5.75 Å². The number of halogens is 1. The number of rotatable bonds is 8. The highest BCUT2D eigenvalue weighted by atomic mass is 32.2. The fourth-order valence-electron chi connectivity index (χ4n) is 3.78. The van der Waals surface area contributed by atoms with Crippen LogP contribution in [0, 0.1) is 6.92 Å². The van der Waals surface area contributed by atoms with Crippen molar-refractivity contribution < 1.29 is 9.47 Å². The molecule has 1 saturated heterocycles. The first kappa shape index (κ1) is 25.1. The number of hydrogen-bond acceptors (Lipinski definition) is 5. The normalized spacial score (nSPS) is 15.5. The van der Waals surface area contributed by atoms with E-state index in [9.17, 15) is 4.53 Å². The highest BCUT2D eigenvalue weighted by molar-refractivity contribution is 8.14. The number of nitrogens with two attached hydrogens (primary N) is 1. The Morgan fingerprint density at radius 3 is 2.61 bits per heavy atom. The van der Waals surface area contributed by atoms with Crippen molar-refractivity contribution in [1.29, 1.82) is 0 Å². The van der Waals surface area contributed by atoms with Crippen molar-refractivity contribution in [2.45, 2.75) is 20.3 Å². The Bertz CT molecular complexity index is 1300. The molecule has 0 aliphatic carbocycles. The van der Waals surface area contributed by atoms with Crippen molar-refractivity contribution in [2.24, 2.45) is 25.9 Å². The summed E-state index contributed by atoms with van der Waals surface area (Å²) in [6.45, 7) is 5.24. The fourth-order valence-corrected chi connectivity index (χ4v) is 4.68. The molecule has 0 radical (unpaired) electrons. The van der Waals surface area contributed by atoms with Gasteiger partial charge in [-0.05, 0) is 54.3 Å². The summed E-state index contributed by atoms with van der Waals surface area (Å²) in [5.41, 5.74) is 12.1. The highest BCUT2D eigenvalue weighted by Gasteiger charge is 2.24. The molecule has 0 aromatic heterocycles. The van der Waals surface area contributed by atoms with Crippen LogP contribution in [0.15, 0.2) is 86.9 Å². The molecule has 0 bridgehead atoms. The van der Waals surface area contributed by atoms with E-state index in [1.807, 2.05) is 24.3 Å². The van der Waals surface area contributed by atoms with E-state index in [2.05, 4.69) is 62.1 Å². The molecule has 0 spiro atoms. The van der Waals surface area contributed by atoms with Crippen LogP contribution in [-0.4, -0.2) is 35.9 Å². The van der Waals surface area contributed by atoms with E-state index in [4.69, 9.17) is 5.73 Å². The Balaban J connectivity index is 1.41. The van der Waals surface area contributed by atoms with E-state index in [1.165, 1.54) is 35.3 Å². The molecule has 36 heavy (non-hydrogen) atoms. The van der Waals surface area contributed by atoms with E-state index in [1.54, 1.807) is 30.1 Å². The molecule has 1 aliphatic rings. The third-order valence-corrected chi connectivity index (χ3v) is 6.58. The Labute approximate surface area is 214 Å². The van der Waals surface area contributed by atoms with Crippen LogP contribution in [0.1, 0.15) is 29.2 Å². The van der Waals surface area contributed by atoms with Gasteiger partial charge in [-0.25, -0.2) is 9.98 Å². The summed E-state index contributed by atoms with van der Waals surface area (Å²) in [6, 6.07) is 20.1. The average molecular weight is 503 g/mol. The number of aliphatic imine (C=N–C) groups is 2. The van der Waals surface area contributed by atoms with Crippen LogP contribution in [0.25, 0.3) is 0 Å². The largest absolute Gasteiger partial charge is 0.383 e. The van der Waals surface area contributed by atoms with Crippen molar-refractivity contribution in [2.75, 3.05) is 17.2 Å². The van der Waals surface area contributed by atoms with E-state index in [0.717, 1.165) is 35.0 Å². The Morgan fingerprint density at radius 1 is 1.11 bits per heavy atom. The zero-order valence-electron chi connectivity index (χ0n) is 20.1. The maximum atomic E-state index is 12.1. The zero-order valence-corrected chi connectivity index (χ0v) is 21.0. The topological polar surface area (TPSA) is 87.9 Å². The van der Waals surface area contributed by atoms with Crippen molar-refractivity contribution in [3.05, 3.63) is 89.0 Å². The zero-order chi connectivity index (χ0) is 25.3. The van der Waals surface area contributed by atoms with Gasteiger partial charge in [-0.3, -0.25) is 4.94 Å². The first-order valence-electron chi connectivity index (χ1n) is 11.5. The Kier molecular flexibility index (Phi) is 8.46. The minimum absolute atomic E-state index is 0.114. The molecule has 1 aliphatic heterocycles. The van der Waals surface area contributed by atoms with Gasteiger partial charge in [0.2, 0.25) is 0 Å². The summed E-state index contributed by atoms with van der Waals surface area (Å²) in [7, 11) is 0. The van der Waals surface area contributed by atoms with E-state index >= 15 is 0 Å². The summed E-state index contributed by atoms with van der Waals surface area (Å²) in [6.07, 6.45) is 4.06. The van der Waals surface area contributed by atoms with E-state index < -0.39 is 0 Å². The second kappa shape index (κ2) is 12.1. The molecule has 0 saturated carbocycles. The first-order valence-corrected chi connectivity index (χ1v) is 12.5. The number of aryl methyl sites for hydroxylation is 2. The minimum Gasteiger partial charge on any atom is -0.383 e. The molecule has 3 aromatic carbocycles. The van der Waals surface area contributed by atoms with E-state index in [0.29, 0.717) is 11.5 Å². The molecule has 0 atom stereocenters. The monoisotopic (exact) mass is 502 g/mol. The van der Waals surface area contributed by atoms with Gasteiger partial charge in [0.05, 0.1) is 11.9 Å². The third kappa shape index (κ3) is 6.17. The molecular weight excluding hydrogens is 475 g/mol. The quantitative estimate of drug-likeness (QED) is 0.238. The van der Waals surface area contributed by atoms with Gasteiger partial charge in [0.25, 0.3) is 0 Å². The number of nitrogens with zero attached hydrogens (tertiary/aromatic N) is 5. The summed E-state index contributed by atoms with van der Waals surface area (Å²) < 4.78 is 12.1. The summed E-state index contributed by atoms with van der Waals surface area (Å²) in [4.78, 5) is 14.3. The van der Waals surface area contributed by atoms with Crippen molar-refractivity contribution >= 4 is 46.7 Å². The maximum absolute atomic E-state index is 12.1. The lowest BCUT2D eigenvalue weighted by Gasteiger charge is -2.22. The minimum atomic E-state index is 0.114. The molecule has 1 fully saturated rings. The van der Waals surface area contributed by atoms with Gasteiger partial charge < -0.3 is 10.6 Å². The first-order chi connectivity index (χ1) is 17.6. The van der Waals surface area contributed by atoms with Crippen LogP contribution < -0.4 is 15.6 Å². The van der Waals surface area contributed by atoms with Gasteiger partial charge in [0, 0.05) is 28.1 Å². The number of amidine groups is 2. The third-order valence-electron chi connectivity index (χ3n) is 5.64. The molecule has 2 N–H and O–H groups in total. The molecule has 184 valence electrons. The predicted molar refractivity (Wildman–Crippen MR) is 149 cm³/mol. The second-order valence-corrected chi connectivity index (χ2v) is 9.08. The lowest BCUT2D eigenvalue weighted by atomic mass is 10.0. The molecule has 7 nitrogen and oxygen atoms in total. The summed E-state index contributed by atoms with van der Waals surface area (Å²) in [5.74, 6) is 1.43. The van der Waals surface area contributed by atoms with Gasteiger partial charge in [-0.15, -0.1) is 5.10 Å². The van der Waals surface area contributed by atoms with Crippen LogP contribution in [0.2, 0.25) is 0 Å². The number of hydrogen-bond donors (Lipinski definition) is 1. The van der Waals surface area contributed by atoms with Gasteiger partial charge >= 0.3 is 0 Å². The van der Waals surface area contributed by atoms with E-state index in [-0.39, 0.29) is 5.75 Å². The van der Waals surface area contributed by atoms with Gasteiger partial charge in [-0.1, -0.05) is 61.2 Å². The lowest BCUT2D eigenvalue weighted by Crippen LogP contribution is -2.25. The number of para-hydroxylation sites is 1. The number of anilines is 1.